The van der Waals surface area contributed by atoms with Crippen molar-refractivity contribution >= 4 is 6.09 Å². The summed E-state index contributed by atoms with van der Waals surface area (Å²) in [5.74, 6) is 2.65. The number of amides is 1. The fourth-order valence-corrected chi connectivity index (χ4v) is 6.76. The first kappa shape index (κ1) is 43.4. The minimum absolute atomic E-state index is 0.209. The first-order valence-electron chi connectivity index (χ1n) is 19.4. The molecular formula is C45H52F6N2O4. The average molecular weight is 799 g/mol. The van der Waals surface area contributed by atoms with Gasteiger partial charge in [-0.25, -0.2) is 4.79 Å². The third kappa shape index (κ3) is 14.6. The van der Waals surface area contributed by atoms with Crippen molar-refractivity contribution in [3.63, 3.8) is 0 Å². The summed E-state index contributed by atoms with van der Waals surface area (Å²) in [6, 6.07) is 25.9. The van der Waals surface area contributed by atoms with Crippen LogP contribution in [-0.2, 0) is 43.1 Å². The molecule has 0 atom stereocenters. The molecule has 2 fully saturated rings. The zero-order valence-corrected chi connectivity index (χ0v) is 32.7. The van der Waals surface area contributed by atoms with Crippen LogP contribution in [0.5, 0.6) is 11.5 Å². The molecule has 6 nitrogen and oxygen atoms in total. The highest BCUT2D eigenvalue weighted by Crippen LogP contribution is 2.31. The number of alkyl halides is 6. The van der Waals surface area contributed by atoms with Crippen LogP contribution in [0.15, 0.2) is 97.1 Å². The van der Waals surface area contributed by atoms with Gasteiger partial charge >= 0.3 is 18.4 Å². The summed E-state index contributed by atoms with van der Waals surface area (Å²) in [7, 11) is 0. The van der Waals surface area contributed by atoms with Crippen LogP contribution in [0.1, 0.15) is 79.8 Å². The molecule has 6 rings (SSSR count). The second-order valence-corrected chi connectivity index (χ2v) is 15.8. The van der Waals surface area contributed by atoms with Gasteiger partial charge < -0.3 is 24.4 Å². The number of carbonyl (C=O) groups excluding carboxylic acids is 1. The van der Waals surface area contributed by atoms with Crippen molar-refractivity contribution in [1.82, 2.24) is 10.2 Å². The number of likely N-dealkylation sites (tertiary alicyclic amines) is 1. The maximum Gasteiger partial charge on any atom is 0.416 e. The lowest BCUT2D eigenvalue weighted by atomic mass is 9.90. The number of halogens is 6. The van der Waals surface area contributed by atoms with Gasteiger partial charge in [-0.3, -0.25) is 0 Å². The predicted molar refractivity (Wildman–Crippen MR) is 208 cm³/mol. The number of carbonyl (C=O) groups is 1. The highest BCUT2D eigenvalue weighted by atomic mass is 19.4. The van der Waals surface area contributed by atoms with E-state index in [1.165, 1.54) is 48.2 Å². The molecule has 308 valence electrons. The zero-order chi connectivity index (χ0) is 41.1. The Morgan fingerprint density at radius 2 is 0.947 bits per heavy atom. The first-order valence-corrected chi connectivity index (χ1v) is 19.4. The zero-order valence-electron chi connectivity index (χ0n) is 32.7. The van der Waals surface area contributed by atoms with Crippen molar-refractivity contribution in [3.8, 4) is 11.5 Å². The van der Waals surface area contributed by atoms with Gasteiger partial charge in [-0.15, -0.1) is 0 Å². The molecule has 1 amide bonds. The van der Waals surface area contributed by atoms with Gasteiger partial charge in [-0.1, -0.05) is 48.5 Å². The van der Waals surface area contributed by atoms with E-state index in [1.54, 1.807) is 4.90 Å². The highest BCUT2D eigenvalue weighted by Gasteiger charge is 2.31. The number of hydrogen-bond acceptors (Lipinski definition) is 5. The number of hydrogen-bond donors (Lipinski definition) is 1. The highest BCUT2D eigenvalue weighted by molar-refractivity contribution is 5.68. The molecule has 1 N–H and O–H groups in total. The van der Waals surface area contributed by atoms with Gasteiger partial charge in [0.25, 0.3) is 0 Å². The van der Waals surface area contributed by atoms with Gasteiger partial charge in [0.15, 0.2) is 0 Å². The molecule has 2 heterocycles. The van der Waals surface area contributed by atoms with E-state index >= 15 is 0 Å². The third-order valence-electron chi connectivity index (χ3n) is 9.99. The van der Waals surface area contributed by atoms with E-state index < -0.39 is 29.1 Å². The normalized spacial score (nSPS) is 15.7. The van der Waals surface area contributed by atoms with Gasteiger partial charge in [0, 0.05) is 13.1 Å². The molecule has 0 bridgehead atoms. The van der Waals surface area contributed by atoms with Crippen LogP contribution < -0.4 is 14.8 Å². The molecule has 0 aromatic heterocycles. The molecule has 2 aliphatic rings. The summed E-state index contributed by atoms with van der Waals surface area (Å²) in [6.07, 6.45) is -2.56. The number of nitrogens with one attached hydrogen (secondary N) is 1. The minimum Gasteiger partial charge on any atom is -0.489 e. The van der Waals surface area contributed by atoms with Gasteiger partial charge in [-0.05, 0) is 155 Å². The quantitative estimate of drug-likeness (QED) is 0.162. The predicted octanol–water partition coefficient (Wildman–Crippen LogP) is 11.3. The molecule has 0 aliphatic carbocycles. The fourth-order valence-electron chi connectivity index (χ4n) is 6.76. The van der Waals surface area contributed by atoms with Crippen LogP contribution in [0.25, 0.3) is 0 Å². The van der Waals surface area contributed by atoms with Gasteiger partial charge in [0.2, 0.25) is 0 Å². The van der Waals surface area contributed by atoms with Crippen molar-refractivity contribution in [2.75, 3.05) is 26.2 Å². The lowest BCUT2D eigenvalue weighted by molar-refractivity contribution is -0.138. The average Bonchev–Trinajstić information content (AvgIpc) is 3.17. The topological polar surface area (TPSA) is 60.0 Å². The molecule has 0 spiro atoms. The Morgan fingerprint density at radius 3 is 1.32 bits per heavy atom. The maximum atomic E-state index is 12.6. The van der Waals surface area contributed by atoms with Crippen LogP contribution in [0.2, 0.25) is 0 Å². The van der Waals surface area contributed by atoms with Crippen molar-refractivity contribution in [1.29, 1.82) is 0 Å². The van der Waals surface area contributed by atoms with Gasteiger partial charge in [0.05, 0.1) is 11.1 Å². The Bertz CT molecular complexity index is 1810. The third-order valence-corrected chi connectivity index (χ3v) is 9.99. The van der Waals surface area contributed by atoms with E-state index in [1.807, 2.05) is 57.2 Å². The van der Waals surface area contributed by atoms with Crippen LogP contribution in [-0.4, -0.2) is 42.8 Å². The Kier molecular flexibility index (Phi) is 15.0. The molecule has 4 aromatic carbocycles. The molecule has 0 saturated carbocycles. The SMILES string of the molecule is CC(C)(C)OC(=O)N1CCC(Cc2ccc(OCc3ccc(C(F)(F)F)cc3)cc2)CC1.FC(F)(F)c1ccc(COc2ccc(CC3CCNCC3)cc2)cc1. The second-order valence-electron chi connectivity index (χ2n) is 15.8. The number of nitrogens with zero attached hydrogens (tertiary/aromatic N) is 1. The summed E-state index contributed by atoms with van der Waals surface area (Å²) in [5.41, 5.74) is 2.10. The van der Waals surface area contributed by atoms with Crippen LogP contribution >= 0.6 is 0 Å². The van der Waals surface area contributed by atoms with Crippen molar-refractivity contribution in [2.45, 2.75) is 90.5 Å². The van der Waals surface area contributed by atoms with E-state index in [-0.39, 0.29) is 19.3 Å². The molecule has 0 radical (unpaired) electrons. The Labute approximate surface area is 331 Å². The molecular weight excluding hydrogens is 746 g/mol. The fraction of sp³-hybridized carbons (Fsp3) is 0.444. The Morgan fingerprint density at radius 1 is 0.579 bits per heavy atom. The van der Waals surface area contributed by atoms with Crippen molar-refractivity contribution < 1.29 is 45.3 Å². The summed E-state index contributed by atoms with van der Waals surface area (Å²) in [6.45, 7) is 9.67. The number of ether oxygens (including phenoxy) is 3. The van der Waals surface area contributed by atoms with E-state index in [4.69, 9.17) is 14.2 Å². The smallest absolute Gasteiger partial charge is 0.416 e. The lowest BCUT2D eigenvalue weighted by Crippen LogP contribution is -2.42. The van der Waals surface area contributed by atoms with E-state index in [2.05, 4.69) is 17.4 Å². The second kappa shape index (κ2) is 19.6. The van der Waals surface area contributed by atoms with Crippen LogP contribution in [0, 0.1) is 11.8 Å². The van der Waals surface area contributed by atoms with E-state index in [9.17, 15) is 31.1 Å². The first-order chi connectivity index (χ1) is 27.0. The monoisotopic (exact) mass is 798 g/mol. The van der Waals surface area contributed by atoms with Gasteiger partial charge in [-0.2, -0.15) is 26.3 Å². The summed E-state index contributed by atoms with van der Waals surface area (Å²) >= 11 is 0. The minimum atomic E-state index is -4.33. The Hall–Kier alpha value is -4.71. The van der Waals surface area contributed by atoms with Gasteiger partial charge in [0.1, 0.15) is 30.3 Å². The number of piperidine rings is 2. The van der Waals surface area contributed by atoms with Crippen molar-refractivity contribution in [3.05, 3.63) is 130 Å². The number of rotatable bonds is 10. The Balaban J connectivity index is 0.000000224. The van der Waals surface area contributed by atoms with Crippen LogP contribution in [0.4, 0.5) is 31.1 Å². The maximum absolute atomic E-state index is 12.6. The summed E-state index contributed by atoms with van der Waals surface area (Å²) < 4.78 is 92.3. The molecule has 4 aromatic rings. The summed E-state index contributed by atoms with van der Waals surface area (Å²) in [4.78, 5) is 14.0. The lowest BCUT2D eigenvalue weighted by Gasteiger charge is -2.33. The van der Waals surface area contributed by atoms with E-state index in [0.29, 0.717) is 35.9 Å². The molecule has 12 heteroatoms. The molecule has 0 unspecified atom stereocenters. The van der Waals surface area contributed by atoms with E-state index in [0.717, 1.165) is 74.7 Å². The largest absolute Gasteiger partial charge is 0.489 e. The van der Waals surface area contributed by atoms with Crippen molar-refractivity contribution in [2.24, 2.45) is 11.8 Å². The molecule has 2 saturated heterocycles. The van der Waals surface area contributed by atoms with Crippen LogP contribution in [0.3, 0.4) is 0 Å². The standard InChI is InChI=1S/C25H30F3NO3.C20H22F3NO/c1-24(2,3)32-23(30)29-14-12-19(13-15-29)16-18-6-10-22(11-7-18)31-17-20-4-8-21(9-5-20)25(26,27)28;21-20(22,23)18-5-1-17(2-6-18)14-25-19-7-3-15(4-8-19)13-16-9-11-24-12-10-16/h4-11,19H,12-17H2,1-3H3;1-8,16,24H,9-14H2. The summed E-state index contributed by atoms with van der Waals surface area (Å²) in [5, 5.41) is 3.37. The molecule has 2 aliphatic heterocycles. The number of benzene rings is 4. The molecule has 57 heavy (non-hydrogen) atoms.